The highest BCUT2D eigenvalue weighted by Crippen LogP contribution is 2.37. The molecule has 1 heterocycles. The topological polar surface area (TPSA) is 77.1 Å². The van der Waals surface area contributed by atoms with Gasteiger partial charge in [-0.25, -0.2) is 0 Å². The van der Waals surface area contributed by atoms with Crippen molar-refractivity contribution in [2.75, 3.05) is 30.0 Å². The smallest absolute Gasteiger partial charge is 0.270 e. The number of carbonyl (C=O) groups is 2. The summed E-state index contributed by atoms with van der Waals surface area (Å²) in [5.41, 5.74) is 4.18. The minimum absolute atomic E-state index is 0.173. The van der Waals surface area contributed by atoms with Crippen LogP contribution in [0.15, 0.2) is 65.6 Å². The monoisotopic (exact) mass is 562 g/mol. The van der Waals surface area contributed by atoms with E-state index in [-0.39, 0.29) is 18.4 Å². The standard InChI is InChI=1S/C30H30N2O5S2/c1-5-35-23-13-11-22(12-14-23)32-29(34)26(39-30(32)38)17-21-10-15-24(25(16-21)36-6-2)37-18-27(33)31-28-19(3)8-7-9-20(28)4/h7-17H,5-6,18H2,1-4H3,(H,31,33)/b26-17-. The van der Waals surface area contributed by atoms with Gasteiger partial charge in [0.25, 0.3) is 11.8 Å². The number of rotatable bonds is 10. The Morgan fingerprint density at radius 3 is 2.31 bits per heavy atom. The molecule has 1 N–H and O–H groups in total. The Morgan fingerprint density at radius 1 is 0.949 bits per heavy atom. The SMILES string of the molecule is CCOc1ccc(N2C(=O)/C(=C/c3ccc(OCC(=O)Nc4c(C)cccc4C)c(OCC)c3)SC2=S)cc1. The minimum atomic E-state index is -0.267. The molecule has 1 saturated heterocycles. The van der Waals surface area contributed by atoms with Gasteiger partial charge in [0.15, 0.2) is 22.4 Å². The molecule has 1 aliphatic heterocycles. The summed E-state index contributed by atoms with van der Waals surface area (Å²) in [6.07, 6.45) is 1.77. The lowest BCUT2D eigenvalue weighted by molar-refractivity contribution is -0.118. The highest BCUT2D eigenvalue weighted by molar-refractivity contribution is 8.27. The summed E-state index contributed by atoms with van der Waals surface area (Å²) in [4.78, 5) is 27.8. The van der Waals surface area contributed by atoms with E-state index in [1.807, 2.05) is 76.2 Å². The second-order valence-electron chi connectivity index (χ2n) is 8.69. The highest BCUT2D eigenvalue weighted by atomic mass is 32.2. The van der Waals surface area contributed by atoms with E-state index in [9.17, 15) is 9.59 Å². The van der Waals surface area contributed by atoms with Gasteiger partial charge in [-0.3, -0.25) is 14.5 Å². The van der Waals surface area contributed by atoms with Crippen molar-refractivity contribution in [1.29, 1.82) is 0 Å². The molecule has 1 fully saturated rings. The molecule has 0 aliphatic carbocycles. The number of amides is 2. The number of anilines is 2. The van der Waals surface area contributed by atoms with E-state index in [1.165, 1.54) is 16.7 Å². The maximum atomic E-state index is 13.2. The summed E-state index contributed by atoms with van der Waals surface area (Å²) in [5, 5.41) is 2.92. The normalized spacial score (nSPS) is 14.1. The van der Waals surface area contributed by atoms with Crippen molar-refractivity contribution in [2.24, 2.45) is 0 Å². The Bertz CT molecular complexity index is 1400. The molecule has 2 amide bonds. The van der Waals surface area contributed by atoms with Crippen LogP contribution < -0.4 is 24.4 Å². The van der Waals surface area contributed by atoms with Crippen LogP contribution in [0, 0.1) is 13.8 Å². The third-order valence-corrected chi connectivity index (χ3v) is 7.17. The van der Waals surface area contributed by atoms with Gasteiger partial charge in [0.05, 0.1) is 23.8 Å². The number of thioether (sulfide) groups is 1. The largest absolute Gasteiger partial charge is 0.494 e. The molecule has 0 bridgehead atoms. The summed E-state index contributed by atoms with van der Waals surface area (Å²) >= 11 is 6.74. The van der Waals surface area contributed by atoms with Crippen LogP contribution in [0.4, 0.5) is 11.4 Å². The fraction of sp³-hybridized carbons (Fsp3) is 0.233. The fourth-order valence-corrected chi connectivity index (χ4v) is 5.33. The zero-order valence-corrected chi connectivity index (χ0v) is 23.9. The molecule has 0 saturated carbocycles. The van der Waals surface area contributed by atoms with E-state index < -0.39 is 0 Å². The zero-order valence-electron chi connectivity index (χ0n) is 22.3. The van der Waals surface area contributed by atoms with Gasteiger partial charge in [-0.2, -0.15) is 0 Å². The molecule has 202 valence electrons. The maximum Gasteiger partial charge on any atom is 0.270 e. The van der Waals surface area contributed by atoms with Gasteiger partial charge in [0.1, 0.15) is 5.75 Å². The van der Waals surface area contributed by atoms with Gasteiger partial charge in [-0.05, 0) is 86.9 Å². The molecule has 3 aromatic carbocycles. The van der Waals surface area contributed by atoms with Crippen molar-refractivity contribution in [3.63, 3.8) is 0 Å². The van der Waals surface area contributed by atoms with E-state index >= 15 is 0 Å². The molecule has 9 heteroatoms. The summed E-state index contributed by atoms with van der Waals surface area (Å²) < 4.78 is 17.5. The molecule has 0 aromatic heterocycles. The number of nitrogens with zero attached hydrogens (tertiary/aromatic N) is 1. The summed E-state index contributed by atoms with van der Waals surface area (Å²) in [7, 11) is 0. The number of para-hydroxylation sites is 1. The van der Waals surface area contributed by atoms with Gasteiger partial charge in [-0.1, -0.05) is 48.2 Å². The lowest BCUT2D eigenvalue weighted by Gasteiger charge is -2.15. The summed E-state index contributed by atoms with van der Waals surface area (Å²) in [6.45, 7) is 8.48. The number of ether oxygens (including phenoxy) is 3. The summed E-state index contributed by atoms with van der Waals surface area (Å²) in [6, 6.07) is 18.4. The van der Waals surface area contributed by atoms with E-state index in [1.54, 1.807) is 18.2 Å². The Morgan fingerprint density at radius 2 is 1.64 bits per heavy atom. The average Bonchev–Trinajstić information content (AvgIpc) is 3.19. The third-order valence-electron chi connectivity index (χ3n) is 5.87. The number of carbonyl (C=O) groups excluding carboxylic acids is 2. The van der Waals surface area contributed by atoms with Crippen molar-refractivity contribution in [3.05, 3.63) is 82.3 Å². The van der Waals surface area contributed by atoms with Gasteiger partial charge < -0.3 is 19.5 Å². The number of nitrogens with one attached hydrogen (secondary N) is 1. The van der Waals surface area contributed by atoms with Gasteiger partial charge >= 0.3 is 0 Å². The van der Waals surface area contributed by atoms with E-state index in [0.29, 0.717) is 39.6 Å². The van der Waals surface area contributed by atoms with Crippen LogP contribution in [0.25, 0.3) is 6.08 Å². The number of hydrogen-bond acceptors (Lipinski definition) is 7. The third kappa shape index (κ3) is 6.79. The number of hydrogen-bond donors (Lipinski definition) is 1. The van der Waals surface area contributed by atoms with Gasteiger partial charge in [-0.15, -0.1) is 0 Å². The first-order valence-corrected chi connectivity index (χ1v) is 13.8. The van der Waals surface area contributed by atoms with Gasteiger partial charge in [0.2, 0.25) is 0 Å². The predicted molar refractivity (Wildman–Crippen MR) is 161 cm³/mol. The van der Waals surface area contributed by atoms with Crippen LogP contribution >= 0.6 is 24.0 Å². The van der Waals surface area contributed by atoms with Crippen LogP contribution in [0.3, 0.4) is 0 Å². The van der Waals surface area contributed by atoms with Crippen LogP contribution in [-0.4, -0.2) is 36.0 Å². The molecular formula is C30H30N2O5S2. The minimum Gasteiger partial charge on any atom is -0.494 e. The quantitative estimate of drug-likeness (QED) is 0.223. The molecule has 0 atom stereocenters. The molecule has 4 rings (SSSR count). The molecule has 7 nitrogen and oxygen atoms in total. The van der Waals surface area contributed by atoms with Crippen LogP contribution in [0.2, 0.25) is 0 Å². The first-order valence-electron chi connectivity index (χ1n) is 12.6. The van der Waals surface area contributed by atoms with Crippen LogP contribution in [0.1, 0.15) is 30.5 Å². The molecule has 0 unspecified atom stereocenters. The summed E-state index contributed by atoms with van der Waals surface area (Å²) in [5.74, 6) is 1.18. The molecule has 0 radical (unpaired) electrons. The van der Waals surface area contributed by atoms with Crippen molar-refractivity contribution in [1.82, 2.24) is 0 Å². The fourth-order valence-electron chi connectivity index (χ4n) is 4.03. The Labute approximate surface area is 238 Å². The van der Waals surface area contributed by atoms with Crippen molar-refractivity contribution in [3.8, 4) is 17.2 Å². The predicted octanol–water partition coefficient (Wildman–Crippen LogP) is 6.52. The maximum absolute atomic E-state index is 13.2. The van der Waals surface area contributed by atoms with E-state index in [0.717, 1.165) is 28.1 Å². The Kier molecular flexibility index (Phi) is 9.27. The first kappa shape index (κ1) is 28.2. The van der Waals surface area contributed by atoms with Gasteiger partial charge in [0, 0.05) is 5.69 Å². The second kappa shape index (κ2) is 12.8. The first-order chi connectivity index (χ1) is 18.8. The second-order valence-corrected chi connectivity index (χ2v) is 10.4. The lowest BCUT2D eigenvalue weighted by Crippen LogP contribution is -2.27. The molecular weight excluding hydrogens is 532 g/mol. The van der Waals surface area contributed by atoms with Crippen molar-refractivity contribution >= 4 is 57.6 Å². The molecule has 1 aliphatic rings. The van der Waals surface area contributed by atoms with Crippen molar-refractivity contribution in [2.45, 2.75) is 27.7 Å². The molecule has 39 heavy (non-hydrogen) atoms. The molecule has 0 spiro atoms. The number of benzene rings is 3. The van der Waals surface area contributed by atoms with E-state index in [4.69, 9.17) is 26.4 Å². The molecule has 3 aromatic rings. The van der Waals surface area contributed by atoms with Crippen molar-refractivity contribution < 1.29 is 23.8 Å². The van der Waals surface area contributed by atoms with Crippen LogP contribution in [-0.2, 0) is 9.59 Å². The Hall–Kier alpha value is -3.82. The highest BCUT2D eigenvalue weighted by Gasteiger charge is 2.33. The number of thiocarbonyl (C=S) groups is 1. The Balaban J connectivity index is 1.47. The zero-order chi connectivity index (χ0) is 27.9. The van der Waals surface area contributed by atoms with E-state index in [2.05, 4.69) is 5.32 Å². The van der Waals surface area contributed by atoms with Crippen LogP contribution in [0.5, 0.6) is 17.2 Å². The average molecular weight is 563 g/mol. The lowest BCUT2D eigenvalue weighted by atomic mass is 10.1. The number of aryl methyl sites for hydroxylation is 2.